The molecule has 2 aromatic rings. The highest BCUT2D eigenvalue weighted by Crippen LogP contribution is 2.29. The lowest BCUT2D eigenvalue weighted by atomic mass is 9.79. The molecule has 4 N–H and O–H groups in total. The summed E-state index contributed by atoms with van der Waals surface area (Å²) in [6.07, 6.45) is 1.33. The number of aromatic nitrogens is 1. The van der Waals surface area contributed by atoms with Crippen molar-refractivity contribution >= 4 is 0 Å². The molecule has 3 nitrogen and oxygen atoms in total. The van der Waals surface area contributed by atoms with Gasteiger partial charge in [-0.2, -0.15) is 4.39 Å². The normalized spacial score (nSPS) is 15.8. The SMILES string of the molecule is CC(N)C(N)(c1ccc(F)cc1)c1ccnc(F)c1. The van der Waals surface area contributed by atoms with Crippen molar-refractivity contribution in [2.75, 3.05) is 0 Å². The Labute approximate surface area is 110 Å². The fourth-order valence-electron chi connectivity index (χ4n) is 2.08. The Balaban J connectivity index is 2.58. The van der Waals surface area contributed by atoms with E-state index in [-0.39, 0.29) is 5.82 Å². The molecule has 0 amide bonds. The van der Waals surface area contributed by atoms with Crippen LogP contribution in [0.2, 0.25) is 0 Å². The molecule has 0 spiro atoms. The predicted octanol–water partition coefficient (Wildman–Crippen LogP) is 1.91. The Morgan fingerprint density at radius 2 is 1.74 bits per heavy atom. The van der Waals surface area contributed by atoms with Gasteiger partial charge in [-0.25, -0.2) is 9.37 Å². The lowest BCUT2D eigenvalue weighted by Crippen LogP contribution is -2.51. The zero-order valence-corrected chi connectivity index (χ0v) is 10.5. The van der Waals surface area contributed by atoms with Crippen LogP contribution >= 0.6 is 0 Å². The van der Waals surface area contributed by atoms with Crippen LogP contribution in [0.5, 0.6) is 0 Å². The number of nitrogens with two attached hydrogens (primary N) is 2. The number of rotatable bonds is 3. The van der Waals surface area contributed by atoms with E-state index in [0.29, 0.717) is 11.1 Å². The average molecular weight is 263 g/mol. The van der Waals surface area contributed by atoms with E-state index in [0.717, 1.165) is 0 Å². The first-order chi connectivity index (χ1) is 8.94. The topological polar surface area (TPSA) is 64.9 Å². The van der Waals surface area contributed by atoms with Crippen LogP contribution < -0.4 is 11.5 Å². The highest BCUT2D eigenvalue weighted by atomic mass is 19.1. The lowest BCUT2D eigenvalue weighted by molar-refractivity contribution is 0.440. The predicted molar refractivity (Wildman–Crippen MR) is 69.2 cm³/mol. The van der Waals surface area contributed by atoms with Gasteiger partial charge in [0.1, 0.15) is 5.82 Å². The Morgan fingerprint density at radius 1 is 1.11 bits per heavy atom. The van der Waals surface area contributed by atoms with Gasteiger partial charge < -0.3 is 11.5 Å². The highest BCUT2D eigenvalue weighted by molar-refractivity contribution is 5.39. The van der Waals surface area contributed by atoms with E-state index in [9.17, 15) is 8.78 Å². The van der Waals surface area contributed by atoms with Gasteiger partial charge in [0.05, 0.1) is 5.54 Å². The quantitative estimate of drug-likeness (QED) is 0.831. The molecule has 0 radical (unpaired) electrons. The Kier molecular flexibility index (Phi) is 3.59. The molecule has 0 saturated heterocycles. The second kappa shape index (κ2) is 5.03. The first kappa shape index (κ1) is 13.6. The standard InChI is InChI=1S/C14H15F2N3/c1-9(17)14(18,10-2-4-12(15)5-3-10)11-6-7-19-13(16)8-11/h2-9H,17-18H2,1H3. The third-order valence-electron chi connectivity index (χ3n) is 3.24. The fraction of sp³-hybridized carbons (Fsp3) is 0.214. The third-order valence-corrected chi connectivity index (χ3v) is 3.24. The van der Waals surface area contributed by atoms with Gasteiger partial charge in [0.2, 0.25) is 5.95 Å². The molecular weight excluding hydrogens is 248 g/mol. The van der Waals surface area contributed by atoms with Crippen LogP contribution in [0.1, 0.15) is 18.1 Å². The van der Waals surface area contributed by atoms with Gasteiger partial charge >= 0.3 is 0 Å². The molecule has 1 heterocycles. The van der Waals surface area contributed by atoms with Gasteiger partial charge in [-0.1, -0.05) is 12.1 Å². The van der Waals surface area contributed by atoms with Crippen molar-refractivity contribution in [2.45, 2.75) is 18.5 Å². The first-order valence-corrected chi connectivity index (χ1v) is 5.87. The maximum Gasteiger partial charge on any atom is 0.213 e. The van der Waals surface area contributed by atoms with E-state index in [1.54, 1.807) is 25.1 Å². The van der Waals surface area contributed by atoms with Gasteiger partial charge in [0, 0.05) is 12.2 Å². The van der Waals surface area contributed by atoms with E-state index in [1.165, 1.54) is 24.4 Å². The van der Waals surface area contributed by atoms with Crippen LogP contribution in [-0.4, -0.2) is 11.0 Å². The van der Waals surface area contributed by atoms with Crippen molar-refractivity contribution in [3.8, 4) is 0 Å². The van der Waals surface area contributed by atoms with Gasteiger partial charge in [0.25, 0.3) is 0 Å². The zero-order chi connectivity index (χ0) is 14.0. The molecule has 19 heavy (non-hydrogen) atoms. The molecule has 0 bridgehead atoms. The number of pyridine rings is 1. The monoisotopic (exact) mass is 263 g/mol. The van der Waals surface area contributed by atoms with Crippen LogP contribution in [0.15, 0.2) is 42.6 Å². The summed E-state index contributed by atoms with van der Waals surface area (Å²) >= 11 is 0. The summed E-state index contributed by atoms with van der Waals surface area (Å²) < 4.78 is 26.3. The van der Waals surface area contributed by atoms with Gasteiger partial charge in [-0.05, 0) is 42.3 Å². The van der Waals surface area contributed by atoms with E-state index < -0.39 is 17.5 Å². The van der Waals surface area contributed by atoms with Crippen molar-refractivity contribution in [1.82, 2.24) is 4.98 Å². The van der Waals surface area contributed by atoms with Gasteiger partial charge in [0.15, 0.2) is 0 Å². The minimum Gasteiger partial charge on any atom is -0.326 e. The van der Waals surface area contributed by atoms with E-state index in [2.05, 4.69) is 4.98 Å². The molecule has 0 aliphatic carbocycles. The molecule has 100 valence electrons. The molecule has 0 aliphatic heterocycles. The molecule has 0 aliphatic rings. The minimum atomic E-state index is -1.10. The molecule has 5 heteroatoms. The molecular formula is C14H15F2N3. The van der Waals surface area contributed by atoms with E-state index >= 15 is 0 Å². The molecule has 2 atom stereocenters. The number of hydrogen-bond donors (Lipinski definition) is 2. The Bertz CT molecular complexity index is 569. The maximum absolute atomic E-state index is 13.3. The first-order valence-electron chi connectivity index (χ1n) is 5.87. The molecule has 0 fully saturated rings. The summed E-state index contributed by atoms with van der Waals surface area (Å²) in [5.41, 5.74) is 12.3. The van der Waals surface area contributed by atoms with Crippen molar-refractivity contribution in [2.24, 2.45) is 11.5 Å². The Morgan fingerprint density at radius 3 is 2.26 bits per heavy atom. The molecule has 2 unspecified atom stereocenters. The number of halogens is 2. The lowest BCUT2D eigenvalue weighted by Gasteiger charge is -2.34. The zero-order valence-electron chi connectivity index (χ0n) is 10.5. The second-order valence-electron chi connectivity index (χ2n) is 4.53. The van der Waals surface area contributed by atoms with Gasteiger partial charge in [-0.15, -0.1) is 0 Å². The molecule has 2 rings (SSSR count). The minimum absolute atomic E-state index is 0.364. The Hall–Kier alpha value is -1.85. The number of benzene rings is 1. The average Bonchev–Trinajstić information content (AvgIpc) is 2.38. The molecule has 0 saturated carbocycles. The van der Waals surface area contributed by atoms with E-state index in [4.69, 9.17) is 11.5 Å². The summed E-state index contributed by atoms with van der Waals surface area (Å²) in [6, 6.07) is 8.07. The number of nitrogens with zero attached hydrogens (tertiary/aromatic N) is 1. The number of hydrogen-bond acceptors (Lipinski definition) is 3. The maximum atomic E-state index is 13.3. The van der Waals surface area contributed by atoms with Crippen LogP contribution in [-0.2, 0) is 5.54 Å². The van der Waals surface area contributed by atoms with Crippen LogP contribution in [0, 0.1) is 11.8 Å². The van der Waals surface area contributed by atoms with Gasteiger partial charge in [-0.3, -0.25) is 0 Å². The summed E-state index contributed by atoms with van der Waals surface area (Å²) in [7, 11) is 0. The van der Waals surface area contributed by atoms with Crippen LogP contribution in [0.25, 0.3) is 0 Å². The second-order valence-corrected chi connectivity index (χ2v) is 4.53. The molecule has 1 aromatic heterocycles. The fourth-order valence-corrected chi connectivity index (χ4v) is 2.08. The summed E-state index contributed by atoms with van der Waals surface area (Å²) in [5.74, 6) is -0.994. The largest absolute Gasteiger partial charge is 0.326 e. The molecule has 1 aromatic carbocycles. The van der Waals surface area contributed by atoms with Crippen LogP contribution in [0.4, 0.5) is 8.78 Å². The summed E-state index contributed by atoms with van der Waals surface area (Å²) in [4.78, 5) is 3.50. The van der Waals surface area contributed by atoms with Crippen molar-refractivity contribution in [3.63, 3.8) is 0 Å². The smallest absolute Gasteiger partial charge is 0.213 e. The third kappa shape index (κ3) is 2.47. The summed E-state index contributed by atoms with van der Waals surface area (Å²) in [5, 5.41) is 0. The summed E-state index contributed by atoms with van der Waals surface area (Å²) in [6.45, 7) is 1.72. The van der Waals surface area contributed by atoms with Crippen molar-refractivity contribution < 1.29 is 8.78 Å². The van der Waals surface area contributed by atoms with Crippen LogP contribution in [0.3, 0.4) is 0 Å². The van der Waals surface area contributed by atoms with Crippen molar-refractivity contribution in [1.29, 1.82) is 0 Å². The highest BCUT2D eigenvalue weighted by Gasteiger charge is 2.34. The van der Waals surface area contributed by atoms with E-state index in [1.807, 2.05) is 0 Å². The van der Waals surface area contributed by atoms with Crippen molar-refractivity contribution in [3.05, 3.63) is 65.5 Å².